The molecule has 1 aromatic heterocycles. The maximum Gasteiger partial charge on any atom is 0.232 e. The summed E-state index contributed by atoms with van der Waals surface area (Å²) < 4.78 is 5.92. The van der Waals surface area contributed by atoms with Crippen molar-refractivity contribution in [1.82, 2.24) is 9.97 Å². The first kappa shape index (κ1) is 14.0. The van der Waals surface area contributed by atoms with Gasteiger partial charge in [-0.25, -0.2) is 4.98 Å². The summed E-state index contributed by atoms with van der Waals surface area (Å²) in [5.74, 6) is 1.17. The van der Waals surface area contributed by atoms with Crippen molar-refractivity contribution in [3.63, 3.8) is 0 Å². The Morgan fingerprint density at radius 3 is 2.65 bits per heavy atom. The molecule has 0 radical (unpaired) electrons. The standard InChI is InChI=1S/C12H18BrN3O/c1-6-7-16(12(2,3)4)11-14-8-9(13)10(15-11)17-5/h6,8H,1,7H2,2-5H3. The van der Waals surface area contributed by atoms with Crippen LogP contribution in [0, 0.1) is 0 Å². The maximum atomic E-state index is 5.18. The minimum atomic E-state index is -0.0764. The highest BCUT2D eigenvalue weighted by molar-refractivity contribution is 9.10. The van der Waals surface area contributed by atoms with Gasteiger partial charge in [0.2, 0.25) is 11.8 Å². The van der Waals surface area contributed by atoms with Gasteiger partial charge in [0.05, 0.1) is 17.8 Å². The molecule has 5 heteroatoms. The van der Waals surface area contributed by atoms with Gasteiger partial charge >= 0.3 is 0 Å². The summed E-state index contributed by atoms with van der Waals surface area (Å²) in [7, 11) is 1.59. The maximum absolute atomic E-state index is 5.18. The number of anilines is 1. The fraction of sp³-hybridized carbons (Fsp3) is 0.500. The second-order valence-electron chi connectivity index (χ2n) is 4.60. The molecule has 0 atom stereocenters. The number of halogens is 1. The largest absolute Gasteiger partial charge is 0.480 e. The highest BCUT2D eigenvalue weighted by Crippen LogP contribution is 2.26. The molecule has 1 aromatic rings. The second kappa shape index (κ2) is 5.49. The number of hydrogen-bond donors (Lipinski definition) is 0. The summed E-state index contributed by atoms with van der Waals surface area (Å²) >= 11 is 3.34. The molecular formula is C12H18BrN3O. The predicted octanol–water partition coefficient (Wildman–Crippen LogP) is 3.04. The Balaban J connectivity index is 3.15. The predicted molar refractivity (Wildman–Crippen MR) is 73.6 cm³/mol. The molecule has 0 aromatic carbocycles. The number of rotatable bonds is 4. The van der Waals surface area contributed by atoms with Crippen LogP contribution in [0.1, 0.15) is 20.8 Å². The summed E-state index contributed by atoms with van der Waals surface area (Å²) in [6, 6.07) is 0. The average Bonchev–Trinajstić information content (AvgIpc) is 2.25. The molecule has 0 amide bonds. The van der Waals surface area contributed by atoms with Gasteiger partial charge in [-0.15, -0.1) is 6.58 Å². The SMILES string of the molecule is C=CCN(c1ncc(Br)c(OC)n1)C(C)(C)C. The number of ether oxygens (including phenoxy) is 1. The van der Waals surface area contributed by atoms with E-state index in [9.17, 15) is 0 Å². The molecule has 0 spiro atoms. The molecule has 17 heavy (non-hydrogen) atoms. The van der Waals surface area contributed by atoms with Crippen LogP contribution in [0.25, 0.3) is 0 Å². The Morgan fingerprint density at radius 1 is 1.53 bits per heavy atom. The zero-order chi connectivity index (χ0) is 13.1. The Kier molecular flexibility index (Phi) is 4.51. The Hall–Kier alpha value is -1.10. The number of methoxy groups -OCH3 is 1. The molecule has 0 unspecified atom stereocenters. The minimum absolute atomic E-state index is 0.0764. The van der Waals surface area contributed by atoms with Gasteiger partial charge < -0.3 is 9.64 Å². The molecule has 0 aliphatic rings. The lowest BCUT2D eigenvalue weighted by atomic mass is 10.1. The van der Waals surface area contributed by atoms with E-state index in [0.29, 0.717) is 18.4 Å². The molecule has 94 valence electrons. The van der Waals surface area contributed by atoms with E-state index in [1.54, 1.807) is 13.3 Å². The summed E-state index contributed by atoms with van der Waals surface area (Å²) in [6.07, 6.45) is 3.53. The molecule has 0 aliphatic carbocycles. The lowest BCUT2D eigenvalue weighted by Gasteiger charge is -2.34. The Bertz CT molecular complexity index is 401. The fourth-order valence-corrected chi connectivity index (χ4v) is 1.75. The third kappa shape index (κ3) is 3.43. The molecule has 0 saturated carbocycles. The van der Waals surface area contributed by atoms with Crippen molar-refractivity contribution in [1.29, 1.82) is 0 Å². The summed E-state index contributed by atoms with van der Waals surface area (Å²) in [4.78, 5) is 10.8. The van der Waals surface area contributed by atoms with Crippen LogP contribution in [0.5, 0.6) is 5.88 Å². The van der Waals surface area contributed by atoms with Gasteiger partial charge in [-0.1, -0.05) is 6.08 Å². The smallest absolute Gasteiger partial charge is 0.232 e. The Labute approximate surface area is 111 Å². The van der Waals surface area contributed by atoms with Crippen LogP contribution in [0.4, 0.5) is 5.95 Å². The number of aromatic nitrogens is 2. The molecular weight excluding hydrogens is 282 g/mol. The monoisotopic (exact) mass is 299 g/mol. The van der Waals surface area contributed by atoms with E-state index < -0.39 is 0 Å². The molecule has 1 rings (SSSR count). The molecule has 4 nitrogen and oxygen atoms in total. The van der Waals surface area contributed by atoms with Gasteiger partial charge in [0.15, 0.2) is 0 Å². The van der Waals surface area contributed by atoms with Crippen molar-refractivity contribution < 1.29 is 4.74 Å². The molecule has 1 heterocycles. The minimum Gasteiger partial charge on any atom is -0.480 e. The summed E-state index contributed by atoms with van der Waals surface area (Å²) in [5, 5.41) is 0. The molecule has 0 saturated heterocycles. The van der Waals surface area contributed by atoms with Crippen molar-refractivity contribution in [2.45, 2.75) is 26.3 Å². The van der Waals surface area contributed by atoms with Gasteiger partial charge in [0.25, 0.3) is 0 Å². The van der Waals surface area contributed by atoms with Gasteiger partial charge in [-0.3, -0.25) is 0 Å². The first-order valence-electron chi connectivity index (χ1n) is 5.35. The van der Waals surface area contributed by atoms with Gasteiger partial charge in [0.1, 0.15) is 0 Å². The third-order valence-electron chi connectivity index (χ3n) is 2.26. The van der Waals surface area contributed by atoms with Crippen LogP contribution in [-0.2, 0) is 0 Å². The van der Waals surface area contributed by atoms with Gasteiger partial charge in [-0.05, 0) is 36.7 Å². The number of nitrogens with zero attached hydrogens (tertiary/aromatic N) is 3. The quantitative estimate of drug-likeness (QED) is 0.801. The van der Waals surface area contributed by atoms with Crippen molar-refractivity contribution in [3.05, 3.63) is 23.3 Å². The zero-order valence-electron chi connectivity index (χ0n) is 10.7. The van der Waals surface area contributed by atoms with E-state index in [0.717, 1.165) is 4.47 Å². The third-order valence-corrected chi connectivity index (χ3v) is 2.80. The van der Waals surface area contributed by atoms with E-state index in [4.69, 9.17) is 4.74 Å². The summed E-state index contributed by atoms with van der Waals surface area (Å²) in [6.45, 7) is 10.8. The topological polar surface area (TPSA) is 38.2 Å². The molecule has 0 bridgehead atoms. The van der Waals surface area contributed by atoms with Crippen LogP contribution >= 0.6 is 15.9 Å². The van der Waals surface area contributed by atoms with E-state index in [2.05, 4.69) is 58.1 Å². The van der Waals surface area contributed by atoms with Gasteiger partial charge in [0, 0.05) is 12.1 Å². The van der Waals surface area contributed by atoms with Crippen LogP contribution in [-0.4, -0.2) is 29.2 Å². The average molecular weight is 300 g/mol. The lowest BCUT2D eigenvalue weighted by Crippen LogP contribution is -2.42. The van der Waals surface area contributed by atoms with Gasteiger partial charge in [-0.2, -0.15) is 4.98 Å². The molecule has 0 fully saturated rings. The van der Waals surface area contributed by atoms with Crippen LogP contribution in [0.3, 0.4) is 0 Å². The van der Waals surface area contributed by atoms with Crippen molar-refractivity contribution >= 4 is 21.9 Å². The fourth-order valence-electron chi connectivity index (χ4n) is 1.40. The van der Waals surface area contributed by atoms with Crippen LogP contribution in [0.15, 0.2) is 23.3 Å². The van der Waals surface area contributed by atoms with E-state index in [-0.39, 0.29) is 5.54 Å². The molecule has 0 N–H and O–H groups in total. The van der Waals surface area contributed by atoms with Crippen LogP contribution < -0.4 is 9.64 Å². The highest BCUT2D eigenvalue weighted by atomic mass is 79.9. The van der Waals surface area contributed by atoms with Crippen LogP contribution in [0.2, 0.25) is 0 Å². The highest BCUT2D eigenvalue weighted by Gasteiger charge is 2.23. The van der Waals surface area contributed by atoms with E-state index >= 15 is 0 Å². The normalized spacial score (nSPS) is 11.1. The zero-order valence-corrected chi connectivity index (χ0v) is 12.3. The Morgan fingerprint density at radius 2 is 2.18 bits per heavy atom. The second-order valence-corrected chi connectivity index (χ2v) is 5.45. The van der Waals surface area contributed by atoms with E-state index in [1.807, 2.05) is 6.08 Å². The van der Waals surface area contributed by atoms with Crippen molar-refractivity contribution in [3.8, 4) is 5.88 Å². The van der Waals surface area contributed by atoms with Crippen molar-refractivity contribution in [2.24, 2.45) is 0 Å². The van der Waals surface area contributed by atoms with E-state index in [1.165, 1.54) is 0 Å². The number of hydrogen-bond acceptors (Lipinski definition) is 4. The van der Waals surface area contributed by atoms with Crippen molar-refractivity contribution in [2.75, 3.05) is 18.6 Å². The molecule has 0 aliphatic heterocycles. The first-order valence-corrected chi connectivity index (χ1v) is 6.14. The lowest BCUT2D eigenvalue weighted by molar-refractivity contribution is 0.392. The summed E-state index contributed by atoms with van der Waals surface area (Å²) in [5.41, 5.74) is -0.0764. The first-order chi connectivity index (χ1) is 7.90.